The number of carbonyl (C=O) groups excluding carboxylic acids is 5. The normalized spacial score (nSPS) is 31.4. The van der Waals surface area contributed by atoms with Gasteiger partial charge in [-0.25, -0.2) is 0 Å². The van der Waals surface area contributed by atoms with Crippen molar-refractivity contribution in [2.45, 2.75) is 102 Å². The molecule has 1 saturated carbocycles. The minimum atomic E-state index is -1.74. The van der Waals surface area contributed by atoms with E-state index >= 15 is 0 Å². The van der Waals surface area contributed by atoms with Gasteiger partial charge in [-0.05, 0) is 23.0 Å². The van der Waals surface area contributed by atoms with Crippen molar-refractivity contribution in [1.82, 2.24) is 0 Å². The Kier molecular flexibility index (Phi) is 12.8. The van der Waals surface area contributed by atoms with E-state index in [0.717, 1.165) is 34.6 Å². The SMILES string of the molecule is CC(=O)OC[C@H]1O[C@H](O[C@H]2[C@H](OC(C)=O)[C@@H](OC(C)=O)[C@H](N=[N+]=[N-])C[C@@H]2N=[N+]=[N-])[C@H](N=[N+]=[N-])[C@@H](OC(C)=O)[C@@H]1OC(C)=O. The van der Waals surface area contributed by atoms with Crippen molar-refractivity contribution in [2.75, 3.05) is 6.61 Å². The molecule has 0 amide bonds. The monoisotopic (exact) mass is 611 g/mol. The summed E-state index contributed by atoms with van der Waals surface area (Å²) in [6.07, 6.45) is -11.0. The number of ether oxygens (including phenoxy) is 7. The molecule has 1 aliphatic carbocycles. The largest absolute Gasteiger partial charge is 0.463 e. The fourth-order valence-corrected chi connectivity index (χ4v) is 4.66. The van der Waals surface area contributed by atoms with Gasteiger partial charge in [0.1, 0.15) is 31.0 Å². The Morgan fingerprint density at radius 3 is 1.60 bits per heavy atom. The Morgan fingerprint density at radius 2 is 1.12 bits per heavy atom. The van der Waals surface area contributed by atoms with Crippen LogP contribution >= 0.6 is 0 Å². The van der Waals surface area contributed by atoms with Crippen molar-refractivity contribution in [3.05, 3.63) is 31.3 Å². The first-order chi connectivity index (χ1) is 20.3. The second-order valence-electron chi connectivity index (χ2n) is 9.22. The third kappa shape index (κ3) is 9.63. The molecule has 1 aliphatic heterocycles. The van der Waals surface area contributed by atoms with Gasteiger partial charge in [-0.15, -0.1) is 0 Å². The molecule has 0 spiro atoms. The number of carbonyl (C=O) groups is 5. The van der Waals surface area contributed by atoms with Crippen LogP contribution in [0.5, 0.6) is 0 Å². The summed E-state index contributed by atoms with van der Waals surface area (Å²) in [5, 5.41) is 10.9. The molecule has 43 heavy (non-hydrogen) atoms. The van der Waals surface area contributed by atoms with Crippen LogP contribution in [-0.4, -0.2) is 97.5 Å². The third-order valence-electron chi connectivity index (χ3n) is 6.04. The summed E-state index contributed by atoms with van der Waals surface area (Å²) in [7, 11) is 0. The third-order valence-corrected chi connectivity index (χ3v) is 6.04. The molecule has 10 atom stereocenters. The molecule has 0 N–H and O–H groups in total. The summed E-state index contributed by atoms with van der Waals surface area (Å²) in [5.41, 5.74) is 27.7. The van der Waals surface area contributed by atoms with Gasteiger partial charge < -0.3 is 33.2 Å². The smallest absolute Gasteiger partial charge is 0.303 e. The predicted molar refractivity (Wildman–Crippen MR) is 136 cm³/mol. The van der Waals surface area contributed by atoms with E-state index in [2.05, 4.69) is 30.1 Å². The predicted octanol–water partition coefficient (Wildman–Crippen LogP) is 1.83. The maximum Gasteiger partial charge on any atom is 0.303 e. The molecule has 0 unspecified atom stereocenters. The highest BCUT2D eigenvalue weighted by Crippen LogP contribution is 2.36. The summed E-state index contributed by atoms with van der Waals surface area (Å²) < 4.78 is 38.3. The number of esters is 5. The summed E-state index contributed by atoms with van der Waals surface area (Å²) in [6, 6.07) is -4.05. The first kappa shape index (κ1) is 34.4. The standard InChI is InChI=1S/C22H29N9O12/c1-8(32)37-7-15-19(39-10(3)34)20(40-11(4)35)16(28-31-25)22(42-15)43-18-14(27-30-24)6-13(26-29-23)17(38-9(2)33)21(18)41-12(5)36/h13-22H,6-7H2,1-5H3/t13-,14+,15-,16-,17+,18-,19-,20-,21-,22-/m1/s1. The molecule has 2 aliphatic rings. The van der Waals surface area contributed by atoms with Crippen LogP contribution in [0.2, 0.25) is 0 Å². The molecule has 1 saturated heterocycles. The summed E-state index contributed by atoms with van der Waals surface area (Å²) in [6.45, 7) is 4.69. The molecule has 0 aromatic heterocycles. The summed E-state index contributed by atoms with van der Waals surface area (Å²) in [4.78, 5) is 67.8. The first-order valence-corrected chi connectivity index (χ1v) is 12.6. The Morgan fingerprint density at radius 1 is 0.651 bits per heavy atom. The van der Waals surface area contributed by atoms with Gasteiger partial charge in [0.15, 0.2) is 24.6 Å². The molecule has 0 radical (unpaired) electrons. The van der Waals surface area contributed by atoms with Crippen LogP contribution in [-0.2, 0) is 57.1 Å². The fourth-order valence-electron chi connectivity index (χ4n) is 4.66. The molecule has 234 valence electrons. The zero-order chi connectivity index (χ0) is 32.3. The van der Waals surface area contributed by atoms with E-state index < -0.39 is 97.5 Å². The van der Waals surface area contributed by atoms with Gasteiger partial charge in [-0.2, -0.15) is 0 Å². The zero-order valence-corrected chi connectivity index (χ0v) is 23.6. The van der Waals surface area contributed by atoms with Crippen LogP contribution in [0, 0.1) is 0 Å². The van der Waals surface area contributed by atoms with E-state index in [0.29, 0.717) is 0 Å². The average Bonchev–Trinajstić information content (AvgIpc) is 2.89. The molecular formula is C22H29N9O12. The molecule has 2 fully saturated rings. The Balaban J connectivity index is 2.69. The Bertz CT molecular complexity index is 1230. The minimum Gasteiger partial charge on any atom is -0.463 e. The number of hydrogen-bond donors (Lipinski definition) is 0. The summed E-state index contributed by atoms with van der Waals surface area (Å²) >= 11 is 0. The average molecular weight is 612 g/mol. The van der Waals surface area contributed by atoms with Gasteiger partial charge in [0.25, 0.3) is 0 Å². The van der Waals surface area contributed by atoms with Gasteiger partial charge in [0.2, 0.25) is 0 Å². The van der Waals surface area contributed by atoms with Crippen molar-refractivity contribution in [3.63, 3.8) is 0 Å². The number of hydrogen-bond acceptors (Lipinski definition) is 15. The number of nitrogens with zero attached hydrogens (tertiary/aromatic N) is 9. The molecule has 21 heteroatoms. The van der Waals surface area contributed by atoms with Crippen LogP contribution < -0.4 is 0 Å². The molecule has 2 rings (SSSR count). The van der Waals surface area contributed by atoms with Crippen LogP contribution in [0.3, 0.4) is 0 Å². The van der Waals surface area contributed by atoms with E-state index in [-0.39, 0.29) is 6.42 Å². The second kappa shape index (κ2) is 16.0. The van der Waals surface area contributed by atoms with Crippen molar-refractivity contribution in [2.24, 2.45) is 15.3 Å². The second-order valence-corrected chi connectivity index (χ2v) is 9.22. The van der Waals surface area contributed by atoms with Crippen molar-refractivity contribution >= 4 is 29.8 Å². The number of rotatable bonds is 11. The first-order valence-electron chi connectivity index (χ1n) is 12.6. The molecule has 1 heterocycles. The summed E-state index contributed by atoms with van der Waals surface area (Å²) in [5.74, 6) is -4.22. The Labute approximate surface area is 242 Å². The molecule has 0 aromatic carbocycles. The van der Waals surface area contributed by atoms with Gasteiger partial charge in [-0.3, -0.25) is 24.0 Å². The Hall–Kier alpha value is -4.80. The maximum atomic E-state index is 12.1. The van der Waals surface area contributed by atoms with Crippen LogP contribution in [0.4, 0.5) is 0 Å². The van der Waals surface area contributed by atoms with Crippen molar-refractivity contribution in [1.29, 1.82) is 0 Å². The highest BCUT2D eigenvalue weighted by Gasteiger charge is 2.55. The fraction of sp³-hybridized carbons (Fsp3) is 0.773. The van der Waals surface area contributed by atoms with Gasteiger partial charge >= 0.3 is 29.8 Å². The van der Waals surface area contributed by atoms with Crippen LogP contribution in [0.1, 0.15) is 41.0 Å². The van der Waals surface area contributed by atoms with Gasteiger partial charge in [0.05, 0.1) is 12.1 Å². The zero-order valence-electron chi connectivity index (χ0n) is 23.6. The lowest BCUT2D eigenvalue weighted by Gasteiger charge is -2.47. The highest BCUT2D eigenvalue weighted by atomic mass is 16.7. The van der Waals surface area contributed by atoms with Crippen LogP contribution in [0.15, 0.2) is 15.3 Å². The minimum absolute atomic E-state index is 0.270. The van der Waals surface area contributed by atoms with Crippen molar-refractivity contribution < 1.29 is 57.1 Å². The lowest BCUT2D eigenvalue weighted by Crippen LogP contribution is -2.64. The van der Waals surface area contributed by atoms with E-state index in [4.69, 9.17) is 38.7 Å². The van der Waals surface area contributed by atoms with Crippen molar-refractivity contribution in [3.8, 4) is 0 Å². The maximum absolute atomic E-state index is 12.1. The quantitative estimate of drug-likeness (QED) is 0.106. The van der Waals surface area contributed by atoms with E-state index in [1.807, 2.05) is 0 Å². The topological polar surface area (TPSA) is 296 Å². The number of azide groups is 3. The molecule has 0 aromatic rings. The molecule has 0 bridgehead atoms. The van der Waals surface area contributed by atoms with Gasteiger partial charge in [0, 0.05) is 49.4 Å². The lowest BCUT2D eigenvalue weighted by atomic mass is 9.84. The highest BCUT2D eigenvalue weighted by molar-refractivity contribution is 5.68. The van der Waals surface area contributed by atoms with Gasteiger partial charge in [-0.1, -0.05) is 15.3 Å². The lowest BCUT2D eigenvalue weighted by molar-refractivity contribution is -0.299. The molecular weight excluding hydrogens is 582 g/mol. The van der Waals surface area contributed by atoms with E-state index in [1.54, 1.807) is 0 Å². The van der Waals surface area contributed by atoms with E-state index in [9.17, 15) is 35.0 Å². The van der Waals surface area contributed by atoms with Crippen LogP contribution in [0.25, 0.3) is 31.3 Å². The van der Waals surface area contributed by atoms with E-state index in [1.165, 1.54) is 0 Å². The molecule has 21 nitrogen and oxygen atoms in total.